The minimum atomic E-state index is -0.124. The average Bonchev–Trinajstić information content (AvgIpc) is 2.38. The molecule has 0 unspecified atom stereocenters. The van der Waals surface area contributed by atoms with Crippen molar-refractivity contribution in [3.63, 3.8) is 0 Å². The fourth-order valence-corrected chi connectivity index (χ4v) is 1.45. The number of carbonyl (C=O) groups excluding carboxylic acids is 1. The van der Waals surface area contributed by atoms with Crippen LogP contribution < -0.4 is 11.1 Å². The number of rotatable bonds is 10. The maximum atomic E-state index is 10.8. The number of carbonyl (C=O) groups is 1. The number of unbranched alkanes of at least 4 members (excludes halogenated alkanes) is 4. The lowest BCUT2D eigenvalue weighted by atomic mass is 10.1. The molecule has 0 saturated heterocycles. The maximum Gasteiger partial charge on any atom is 0.305 e. The summed E-state index contributed by atoms with van der Waals surface area (Å²) in [6.45, 7) is 4.97. The van der Waals surface area contributed by atoms with Gasteiger partial charge >= 0.3 is 5.97 Å². The van der Waals surface area contributed by atoms with Crippen LogP contribution in [0.1, 0.15) is 38.5 Å². The smallest absolute Gasteiger partial charge is 0.305 e. The zero-order chi connectivity index (χ0) is 13.6. The van der Waals surface area contributed by atoms with Gasteiger partial charge in [0.15, 0.2) is 5.96 Å². The highest BCUT2D eigenvalue weighted by Gasteiger charge is 1.98. The van der Waals surface area contributed by atoms with Crippen LogP contribution in [0.5, 0.6) is 0 Å². The number of aliphatic imine (C=N–C) groups is 1. The molecule has 6 heteroatoms. The first kappa shape index (κ1) is 20.5. The molecule has 0 aliphatic rings. The van der Waals surface area contributed by atoms with Crippen LogP contribution in [0.15, 0.2) is 17.6 Å². The zero-order valence-corrected chi connectivity index (χ0v) is 14.0. The summed E-state index contributed by atoms with van der Waals surface area (Å²) in [7, 11) is 1.42. The van der Waals surface area contributed by atoms with E-state index in [4.69, 9.17) is 5.73 Å². The molecule has 0 aromatic rings. The molecule has 0 aliphatic heterocycles. The average molecular weight is 383 g/mol. The molecular weight excluding hydrogens is 357 g/mol. The predicted octanol–water partition coefficient (Wildman–Crippen LogP) is 2.21. The molecule has 19 heavy (non-hydrogen) atoms. The minimum absolute atomic E-state index is 0. The maximum absolute atomic E-state index is 10.8. The predicted molar refractivity (Wildman–Crippen MR) is 89.8 cm³/mol. The number of esters is 1. The van der Waals surface area contributed by atoms with Crippen LogP contribution in [0.4, 0.5) is 0 Å². The SMILES string of the molecule is C=CCNC(N)=NCCCCCCCC(=O)OC.I. The van der Waals surface area contributed by atoms with Gasteiger partial charge in [0.1, 0.15) is 0 Å². The van der Waals surface area contributed by atoms with Crippen molar-refractivity contribution in [2.75, 3.05) is 20.2 Å². The number of nitrogens with one attached hydrogen (secondary N) is 1. The van der Waals surface area contributed by atoms with Gasteiger partial charge in [-0.25, -0.2) is 0 Å². The Morgan fingerprint density at radius 2 is 1.95 bits per heavy atom. The molecule has 0 rings (SSSR count). The first-order chi connectivity index (χ1) is 8.70. The van der Waals surface area contributed by atoms with Crippen LogP contribution in [-0.4, -0.2) is 32.1 Å². The molecule has 5 nitrogen and oxygen atoms in total. The van der Waals surface area contributed by atoms with Crippen molar-refractivity contribution in [1.29, 1.82) is 0 Å². The zero-order valence-electron chi connectivity index (χ0n) is 11.7. The van der Waals surface area contributed by atoms with Gasteiger partial charge in [0.2, 0.25) is 0 Å². The molecule has 0 atom stereocenters. The molecule has 0 fully saturated rings. The van der Waals surface area contributed by atoms with Crippen molar-refractivity contribution >= 4 is 35.9 Å². The molecule has 0 amide bonds. The Bertz CT molecular complexity index is 271. The van der Waals surface area contributed by atoms with Crippen LogP contribution in [0, 0.1) is 0 Å². The molecule has 3 N–H and O–H groups in total. The lowest BCUT2D eigenvalue weighted by Gasteiger charge is -2.02. The molecule has 0 aromatic heterocycles. The van der Waals surface area contributed by atoms with E-state index in [0.29, 0.717) is 18.9 Å². The van der Waals surface area contributed by atoms with E-state index in [9.17, 15) is 4.79 Å². The molecule has 0 radical (unpaired) electrons. The molecule has 0 aliphatic carbocycles. The van der Waals surface area contributed by atoms with Crippen LogP contribution in [0.25, 0.3) is 0 Å². The van der Waals surface area contributed by atoms with Crippen molar-refractivity contribution in [3.05, 3.63) is 12.7 Å². The molecule has 0 bridgehead atoms. The van der Waals surface area contributed by atoms with E-state index in [1.807, 2.05) is 0 Å². The van der Waals surface area contributed by atoms with Gasteiger partial charge in [-0.15, -0.1) is 30.6 Å². The second kappa shape index (κ2) is 15.3. The van der Waals surface area contributed by atoms with Gasteiger partial charge in [-0.3, -0.25) is 9.79 Å². The van der Waals surface area contributed by atoms with Gasteiger partial charge in [-0.1, -0.05) is 25.3 Å². The number of halogens is 1. The Labute approximate surface area is 133 Å². The largest absolute Gasteiger partial charge is 0.469 e. The Balaban J connectivity index is 0. The van der Waals surface area contributed by atoms with Crippen molar-refractivity contribution in [2.45, 2.75) is 38.5 Å². The second-order valence-corrected chi connectivity index (χ2v) is 4.03. The van der Waals surface area contributed by atoms with Crippen LogP contribution in [0.3, 0.4) is 0 Å². The first-order valence-corrected chi connectivity index (χ1v) is 6.42. The van der Waals surface area contributed by atoms with Gasteiger partial charge < -0.3 is 15.8 Å². The lowest BCUT2D eigenvalue weighted by Crippen LogP contribution is -2.31. The monoisotopic (exact) mass is 383 g/mol. The van der Waals surface area contributed by atoms with Gasteiger partial charge in [0.05, 0.1) is 7.11 Å². The lowest BCUT2D eigenvalue weighted by molar-refractivity contribution is -0.140. The van der Waals surface area contributed by atoms with E-state index >= 15 is 0 Å². The number of hydrogen-bond donors (Lipinski definition) is 2. The quantitative estimate of drug-likeness (QED) is 0.151. The summed E-state index contributed by atoms with van der Waals surface area (Å²) in [5.41, 5.74) is 5.61. The summed E-state index contributed by atoms with van der Waals surface area (Å²) in [5.74, 6) is 0.348. The Morgan fingerprint density at radius 3 is 2.58 bits per heavy atom. The topological polar surface area (TPSA) is 76.7 Å². The van der Waals surface area contributed by atoms with E-state index in [1.165, 1.54) is 7.11 Å². The summed E-state index contributed by atoms with van der Waals surface area (Å²) in [4.78, 5) is 15.0. The highest BCUT2D eigenvalue weighted by Crippen LogP contribution is 2.05. The summed E-state index contributed by atoms with van der Waals surface area (Å²) in [5, 5.41) is 2.92. The van der Waals surface area contributed by atoms with Crippen LogP contribution in [-0.2, 0) is 9.53 Å². The van der Waals surface area contributed by atoms with Crippen molar-refractivity contribution in [3.8, 4) is 0 Å². The number of hydrogen-bond acceptors (Lipinski definition) is 3. The van der Waals surface area contributed by atoms with E-state index in [0.717, 1.165) is 38.6 Å². The molecule has 0 heterocycles. The third-order valence-corrected chi connectivity index (χ3v) is 2.48. The fourth-order valence-electron chi connectivity index (χ4n) is 1.45. The third-order valence-electron chi connectivity index (χ3n) is 2.48. The molecule has 0 spiro atoms. The van der Waals surface area contributed by atoms with Crippen molar-refractivity contribution in [2.24, 2.45) is 10.7 Å². The Morgan fingerprint density at radius 1 is 1.32 bits per heavy atom. The Hall–Kier alpha value is -0.790. The van der Waals surface area contributed by atoms with Crippen LogP contribution >= 0.6 is 24.0 Å². The van der Waals surface area contributed by atoms with Crippen molar-refractivity contribution < 1.29 is 9.53 Å². The van der Waals surface area contributed by atoms with Crippen LogP contribution in [0.2, 0.25) is 0 Å². The summed E-state index contributed by atoms with van der Waals surface area (Å²) < 4.78 is 4.57. The number of guanidine groups is 1. The number of nitrogens with two attached hydrogens (primary N) is 1. The van der Waals surface area contributed by atoms with E-state index in [1.54, 1.807) is 6.08 Å². The van der Waals surface area contributed by atoms with Gasteiger partial charge in [-0.2, -0.15) is 0 Å². The number of methoxy groups -OCH3 is 1. The Kier molecular flexibility index (Phi) is 16.5. The fraction of sp³-hybridized carbons (Fsp3) is 0.692. The van der Waals surface area contributed by atoms with Gasteiger partial charge in [-0.05, 0) is 12.8 Å². The van der Waals surface area contributed by atoms with E-state index in [-0.39, 0.29) is 29.9 Å². The highest BCUT2D eigenvalue weighted by atomic mass is 127. The van der Waals surface area contributed by atoms with E-state index in [2.05, 4.69) is 21.6 Å². The summed E-state index contributed by atoms with van der Waals surface area (Å²) in [6, 6.07) is 0. The molecular formula is C13H26IN3O2. The molecule has 0 aromatic carbocycles. The first-order valence-electron chi connectivity index (χ1n) is 6.42. The highest BCUT2D eigenvalue weighted by molar-refractivity contribution is 14.0. The molecule has 0 saturated carbocycles. The summed E-state index contributed by atoms with van der Waals surface area (Å²) in [6.07, 6.45) is 7.47. The number of nitrogens with zero attached hydrogens (tertiary/aromatic N) is 1. The van der Waals surface area contributed by atoms with Crippen molar-refractivity contribution in [1.82, 2.24) is 5.32 Å². The van der Waals surface area contributed by atoms with Gasteiger partial charge in [0, 0.05) is 19.5 Å². The normalized spacial score (nSPS) is 10.5. The second-order valence-electron chi connectivity index (χ2n) is 4.03. The van der Waals surface area contributed by atoms with E-state index < -0.39 is 0 Å². The number of ether oxygens (including phenoxy) is 1. The third kappa shape index (κ3) is 15.2. The molecule has 112 valence electrons. The standard InChI is InChI=1S/C13H25N3O2.HI/c1-3-10-15-13(14)16-11-8-6-4-5-7-9-12(17)18-2;/h3H,1,4-11H2,2H3,(H3,14,15,16);1H. The van der Waals surface area contributed by atoms with Gasteiger partial charge in [0.25, 0.3) is 0 Å². The summed E-state index contributed by atoms with van der Waals surface area (Å²) >= 11 is 0. The minimum Gasteiger partial charge on any atom is -0.469 e.